The molecule has 0 atom stereocenters. The van der Waals surface area contributed by atoms with Crippen molar-refractivity contribution in [1.82, 2.24) is 19.7 Å². The Bertz CT molecular complexity index is 1390. The minimum atomic E-state index is 0.0360. The maximum absolute atomic E-state index is 13.0. The van der Waals surface area contributed by atoms with Gasteiger partial charge in [-0.05, 0) is 30.3 Å². The molecule has 6 nitrogen and oxygen atoms in total. The van der Waals surface area contributed by atoms with Crippen LogP contribution in [0.25, 0.3) is 28.0 Å². The van der Waals surface area contributed by atoms with E-state index in [0.29, 0.717) is 22.3 Å². The molecule has 5 aromatic rings. The van der Waals surface area contributed by atoms with Gasteiger partial charge in [0.25, 0.3) is 0 Å². The first-order valence-electron chi connectivity index (χ1n) is 10.1. The highest BCUT2D eigenvalue weighted by atomic mass is 32.2. The Kier molecular flexibility index (Phi) is 5.47. The number of nitrogens with zero attached hydrogens (tertiary/aromatic N) is 3. The summed E-state index contributed by atoms with van der Waals surface area (Å²) in [5.41, 5.74) is 3.39. The third-order valence-corrected chi connectivity index (χ3v) is 6.15. The number of aromatic amines is 1. The number of ketones is 1. The fourth-order valence-electron chi connectivity index (χ4n) is 3.69. The topological polar surface area (TPSA) is 72.8 Å². The van der Waals surface area contributed by atoms with Crippen LogP contribution in [0.3, 0.4) is 0 Å². The molecular formula is C25H20N4O2S. The summed E-state index contributed by atoms with van der Waals surface area (Å²) in [6.07, 6.45) is 1.77. The zero-order valence-electron chi connectivity index (χ0n) is 17.4. The number of benzene rings is 3. The van der Waals surface area contributed by atoms with Crippen LogP contribution in [0.2, 0.25) is 0 Å². The number of hydrogen-bond donors (Lipinski definition) is 1. The van der Waals surface area contributed by atoms with Crippen LogP contribution in [0.1, 0.15) is 10.4 Å². The molecule has 7 heteroatoms. The maximum Gasteiger partial charge on any atom is 0.196 e. The van der Waals surface area contributed by atoms with E-state index in [4.69, 9.17) is 4.74 Å². The summed E-state index contributed by atoms with van der Waals surface area (Å²) in [6, 6.07) is 25.4. The van der Waals surface area contributed by atoms with Crippen molar-refractivity contribution in [3.05, 3.63) is 90.6 Å². The number of rotatable bonds is 7. The highest BCUT2D eigenvalue weighted by molar-refractivity contribution is 7.99. The number of carbonyl (C=O) groups excluding carboxylic acids is 1. The van der Waals surface area contributed by atoms with Crippen LogP contribution in [0.5, 0.6) is 5.75 Å². The van der Waals surface area contributed by atoms with Crippen LogP contribution >= 0.6 is 11.8 Å². The molecule has 32 heavy (non-hydrogen) atoms. The number of thioether (sulfide) groups is 1. The highest BCUT2D eigenvalue weighted by Crippen LogP contribution is 2.33. The molecule has 0 aliphatic heterocycles. The first-order chi connectivity index (χ1) is 15.8. The predicted molar refractivity (Wildman–Crippen MR) is 127 cm³/mol. The molecule has 0 bridgehead atoms. The quantitative estimate of drug-likeness (QED) is 0.271. The SMILES string of the molecule is COc1ccccc1-c1nnc(SCC(=O)c2c[nH]c3ccccc23)n1-c1ccccc1. The van der Waals surface area contributed by atoms with Crippen molar-refractivity contribution in [3.63, 3.8) is 0 Å². The number of ether oxygens (including phenoxy) is 1. The monoisotopic (exact) mass is 440 g/mol. The van der Waals surface area contributed by atoms with Gasteiger partial charge in [-0.15, -0.1) is 10.2 Å². The first-order valence-corrected chi connectivity index (χ1v) is 11.1. The number of aromatic nitrogens is 4. The van der Waals surface area contributed by atoms with Gasteiger partial charge in [-0.25, -0.2) is 0 Å². The number of carbonyl (C=O) groups is 1. The van der Waals surface area contributed by atoms with E-state index in [2.05, 4.69) is 15.2 Å². The van der Waals surface area contributed by atoms with E-state index in [-0.39, 0.29) is 11.5 Å². The molecule has 0 unspecified atom stereocenters. The minimum absolute atomic E-state index is 0.0360. The van der Waals surface area contributed by atoms with Crippen LogP contribution in [0.4, 0.5) is 0 Å². The number of para-hydroxylation sites is 3. The van der Waals surface area contributed by atoms with Gasteiger partial charge in [-0.1, -0.05) is 60.3 Å². The van der Waals surface area contributed by atoms with E-state index in [0.717, 1.165) is 22.2 Å². The second-order valence-electron chi connectivity index (χ2n) is 7.14. The zero-order valence-corrected chi connectivity index (χ0v) is 18.2. The average molecular weight is 441 g/mol. The Morgan fingerprint density at radius 1 is 0.969 bits per heavy atom. The van der Waals surface area contributed by atoms with Crippen LogP contribution < -0.4 is 4.74 Å². The van der Waals surface area contributed by atoms with Gasteiger partial charge in [0.1, 0.15) is 5.75 Å². The van der Waals surface area contributed by atoms with Gasteiger partial charge < -0.3 is 9.72 Å². The van der Waals surface area contributed by atoms with E-state index in [1.165, 1.54) is 11.8 Å². The number of nitrogens with one attached hydrogen (secondary N) is 1. The lowest BCUT2D eigenvalue weighted by atomic mass is 10.1. The van der Waals surface area contributed by atoms with Crippen molar-refractivity contribution >= 4 is 28.4 Å². The van der Waals surface area contributed by atoms with Crippen LogP contribution in [-0.4, -0.2) is 38.4 Å². The molecule has 0 spiro atoms. The number of fused-ring (bicyclic) bond motifs is 1. The number of H-pyrrole nitrogens is 1. The van der Waals surface area contributed by atoms with Crippen LogP contribution in [0, 0.1) is 0 Å². The standard InChI is InChI=1S/C25H20N4O2S/c1-31-23-14-8-6-12-19(23)24-27-28-25(29(24)17-9-3-2-4-10-17)32-16-22(30)20-15-26-21-13-7-5-11-18(20)21/h2-15,26H,16H2,1H3. The molecule has 0 radical (unpaired) electrons. The van der Waals surface area contributed by atoms with Crippen molar-refractivity contribution in [2.75, 3.05) is 12.9 Å². The largest absolute Gasteiger partial charge is 0.496 e. The number of Topliss-reactive ketones (excluding diaryl/α,β-unsaturated/α-hetero) is 1. The second-order valence-corrected chi connectivity index (χ2v) is 8.08. The highest BCUT2D eigenvalue weighted by Gasteiger charge is 2.20. The molecule has 0 aliphatic rings. The van der Waals surface area contributed by atoms with Gasteiger partial charge in [0.05, 0.1) is 18.4 Å². The van der Waals surface area contributed by atoms with Crippen molar-refractivity contribution < 1.29 is 9.53 Å². The smallest absolute Gasteiger partial charge is 0.196 e. The first kappa shape index (κ1) is 20.1. The molecule has 5 rings (SSSR count). The summed E-state index contributed by atoms with van der Waals surface area (Å²) >= 11 is 1.37. The van der Waals surface area contributed by atoms with Gasteiger partial charge in [-0.2, -0.15) is 0 Å². The summed E-state index contributed by atoms with van der Waals surface area (Å²) in [6.45, 7) is 0. The summed E-state index contributed by atoms with van der Waals surface area (Å²) in [5.74, 6) is 1.66. The number of hydrogen-bond acceptors (Lipinski definition) is 5. The van der Waals surface area contributed by atoms with Gasteiger partial charge >= 0.3 is 0 Å². The van der Waals surface area contributed by atoms with Crippen molar-refractivity contribution in [3.8, 4) is 22.8 Å². The molecule has 0 saturated carbocycles. The summed E-state index contributed by atoms with van der Waals surface area (Å²) in [7, 11) is 1.64. The third kappa shape index (κ3) is 3.67. The Hall–Kier alpha value is -3.84. The summed E-state index contributed by atoms with van der Waals surface area (Å²) in [5, 5.41) is 10.4. The third-order valence-electron chi connectivity index (χ3n) is 5.22. The molecule has 2 heterocycles. The lowest BCUT2D eigenvalue weighted by Gasteiger charge is -2.12. The van der Waals surface area contributed by atoms with E-state index < -0.39 is 0 Å². The van der Waals surface area contributed by atoms with Gasteiger partial charge in [0, 0.05) is 28.4 Å². The van der Waals surface area contributed by atoms with Crippen molar-refractivity contribution in [2.45, 2.75) is 5.16 Å². The molecule has 0 amide bonds. The van der Waals surface area contributed by atoms with Crippen molar-refractivity contribution in [2.24, 2.45) is 0 Å². The molecule has 2 aromatic heterocycles. The van der Waals surface area contributed by atoms with E-state index >= 15 is 0 Å². The zero-order chi connectivity index (χ0) is 21.9. The van der Waals surface area contributed by atoms with Crippen LogP contribution in [0.15, 0.2) is 90.2 Å². The van der Waals surface area contributed by atoms with Gasteiger partial charge in [0.2, 0.25) is 0 Å². The second kappa shape index (κ2) is 8.72. The average Bonchev–Trinajstić information content (AvgIpc) is 3.47. The van der Waals surface area contributed by atoms with E-state index in [1.54, 1.807) is 13.3 Å². The summed E-state index contributed by atoms with van der Waals surface area (Å²) in [4.78, 5) is 16.2. The Balaban J connectivity index is 1.50. The lowest BCUT2D eigenvalue weighted by molar-refractivity contribution is 0.102. The Morgan fingerprint density at radius 3 is 2.56 bits per heavy atom. The molecular weight excluding hydrogens is 420 g/mol. The lowest BCUT2D eigenvalue weighted by Crippen LogP contribution is -2.05. The fraction of sp³-hybridized carbons (Fsp3) is 0.0800. The van der Waals surface area contributed by atoms with Gasteiger partial charge in [-0.3, -0.25) is 9.36 Å². The maximum atomic E-state index is 13.0. The molecule has 0 saturated heterocycles. The Morgan fingerprint density at radius 2 is 1.72 bits per heavy atom. The fourth-order valence-corrected chi connectivity index (χ4v) is 4.52. The Labute approximate surface area is 189 Å². The molecule has 158 valence electrons. The predicted octanol–water partition coefficient (Wildman–Crippen LogP) is 5.40. The molecule has 0 aliphatic carbocycles. The van der Waals surface area contributed by atoms with E-state index in [9.17, 15) is 4.79 Å². The van der Waals surface area contributed by atoms with Crippen molar-refractivity contribution in [1.29, 1.82) is 0 Å². The number of methoxy groups -OCH3 is 1. The minimum Gasteiger partial charge on any atom is -0.496 e. The molecule has 3 aromatic carbocycles. The molecule has 1 N–H and O–H groups in total. The normalized spacial score (nSPS) is 11.0. The molecule has 0 fully saturated rings. The van der Waals surface area contributed by atoms with E-state index in [1.807, 2.05) is 83.4 Å². The summed E-state index contributed by atoms with van der Waals surface area (Å²) < 4.78 is 7.51. The van der Waals surface area contributed by atoms with Gasteiger partial charge in [0.15, 0.2) is 16.8 Å². The van der Waals surface area contributed by atoms with Crippen LogP contribution in [-0.2, 0) is 0 Å².